The van der Waals surface area contributed by atoms with E-state index in [1.807, 2.05) is 20.8 Å². The maximum absolute atomic E-state index is 14.3. The molecule has 18 heteroatoms. The summed E-state index contributed by atoms with van der Waals surface area (Å²) in [6, 6.07) is 0. The normalized spacial score (nSPS) is 20.4. The molecule has 18 nitrogen and oxygen atoms in total. The summed E-state index contributed by atoms with van der Waals surface area (Å²) in [5.74, 6) is -4.84. The number of nitrogens with zero attached hydrogens (tertiary/aromatic N) is 1. The summed E-state index contributed by atoms with van der Waals surface area (Å²) in [6.45, 7) is 9.48. The maximum atomic E-state index is 14.3. The predicted octanol–water partition coefficient (Wildman–Crippen LogP) is 0.409. The Balaban J connectivity index is 0.00000243. The summed E-state index contributed by atoms with van der Waals surface area (Å²) in [7, 11) is 0. The SMILES string of the molecule is CC(=CC(O)C(C=C(C)C(=O)O)(C(=O)ON1CCC(C)CC(C)(C)C1)C(O)(C=C(C)C(=O)O)C=C(C)C(=O)O)C(=O)O.NOC(=O)C(CO)CO. The molecule has 0 bridgehead atoms. The van der Waals surface area contributed by atoms with Crippen molar-refractivity contribution in [2.75, 3.05) is 26.3 Å². The van der Waals surface area contributed by atoms with E-state index in [-0.39, 0.29) is 24.4 Å². The van der Waals surface area contributed by atoms with Crippen LogP contribution in [0, 0.1) is 22.7 Å². The maximum Gasteiger partial charge on any atom is 0.341 e. The van der Waals surface area contributed by atoms with Crippen LogP contribution >= 0.6 is 0 Å². The van der Waals surface area contributed by atoms with Crippen LogP contribution in [0.3, 0.4) is 0 Å². The average molecular weight is 731 g/mol. The van der Waals surface area contributed by atoms with E-state index in [1.54, 1.807) is 0 Å². The molecule has 0 radical (unpaired) electrons. The molecule has 0 saturated carbocycles. The van der Waals surface area contributed by atoms with Crippen molar-refractivity contribution in [1.29, 1.82) is 0 Å². The van der Waals surface area contributed by atoms with Crippen LogP contribution < -0.4 is 5.90 Å². The van der Waals surface area contributed by atoms with Crippen molar-refractivity contribution in [3.63, 3.8) is 0 Å². The fraction of sp³-hybridized carbons (Fsp3) is 0.576. The molecule has 0 aromatic rings. The van der Waals surface area contributed by atoms with E-state index < -0.39 is 94.4 Å². The summed E-state index contributed by atoms with van der Waals surface area (Å²) in [4.78, 5) is 81.3. The fourth-order valence-corrected chi connectivity index (χ4v) is 5.29. The van der Waals surface area contributed by atoms with Gasteiger partial charge < -0.3 is 50.5 Å². The van der Waals surface area contributed by atoms with Crippen LogP contribution in [0.5, 0.6) is 0 Å². The second-order valence-corrected chi connectivity index (χ2v) is 13.2. The van der Waals surface area contributed by atoms with E-state index in [0.717, 1.165) is 34.1 Å². The number of aliphatic carboxylic acids is 4. The van der Waals surface area contributed by atoms with Crippen molar-refractivity contribution in [1.82, 2.24) is 5.06 Å². The molecule has 0 aliphatic carbocycles. The van der Waals surface area contributed by atoms with Crippen LogP contribution in [0.4, 0.5) is 0 Å². The first-order valence-corrected chi connectivity index (χ1v) is 15.5. The zero-order chi connectivity index (χ0) is 40.1. The van der Waals surface area contributed by atoms with Crippen LogP contribution in [0.25, 0.3) is 0 Å². The second kappa shape index (κ2) is 19.8. The first-order valence-electron chi connectivity index (χ1n) is 15.5. The lowest BCUT2D eigenvalue weighted by atomic mass is 9.65. The van der Waals surface area contributed by atoms with Crippen LogP contribution in [0.2, 0.25) is 0 Å². The minimum absolute atomic E-state index is 0.188. The Bertz CT molecular complexity index is 1400. The van der Waals surface area contributed by atoms with Crippen LogP contribution in [0.15, 0.2) is 46.6 Å². The highest BCUT2D eigenvalue weighted by atomic mass is 16.7. The molecule has 288 valence electrons. The molecule has 0 spiro atoms. The van der Waals surface area contributed by atoms with E-state index in [0.29, 0.717) is 30.7 Å². The van der Waals surface area contributed by atoms with E-state index >= 15 is 0 Å². The number of carboxylic acid groups (broad SMARTS) is 4. The Labute approximate surface area is 294 Å². The molecule has 0 aromatic carbocycles. The minimum atomic E-state index is -3.09. The first-order chi connectivity index (χ1) is 23.3. The summed E-state index contributed by atoms with van der Waals surface area (Å²) in [5.41, 5.74) is -8.84. The number of aliphatic hydroxyl groups excluding tert-OH is 3. The Hall–Kier alpha value is -4.46. The molecule has 51 heavy (non-hydrogen) atoms. The number of carbonyl (C=O) groups is 6. The van der Waals surface area contributed by atoms with Gasteiger partial charge in [0.25, 0.3) is 0 Å². The van der Waals surface area contributed by atoms with Crippen LogP contribution in [-0.2, 0) is 38.4 Å². The van der Waals surface area contributed by atoms with Crippen molar-refractivity contribution >= 4 is 35.8 Å². The van der Waals surface area contributed by atoms with Crippen molar-refractivity contribution in [2.24, 2.45) is 28.6 Å². The van der Waals surface area contributed by atoms with Gasteiger partial charge >= 0.3 is 35.8 Å². The van der Waals surface area contributed by atoms with Crippen LogP contribution in [0.1, 0.15) is 61.3 Å². The molecule has 1 aliphatic rings. The van der Waals surface area contributed by atoms with Crippen molar-refractivity contribution < 1.29 is 79.3 Å². The number of nitrogens with two attached hydrogens (primary N) is 1. The van der Waals surface area contributed by atoms with Crippen molar-refractivity contribution in [3.05, 3.63) is 46.6 Å². The number of carboxylic acids is 4. The Kier molecular flexibility index (Phi) is 18.1. The number of hydrogen-bond donors (Lipinski definition) is 9. The lowest BCUT2D eigenvalue weighted by molar-refractivity contribution is -0.217. The number of rotatable bonds is 15. The average Bonchev–Trinajstić information content (AvgIpc) is 3.14. The lowest BCUT2D eigenvalue weighted by Gasteiger charge is -2.44. The molecule has 1 aliphatic heterocycles. The van der Waals surface area contributed by atoms with Gasteiger partial charge in [-0.1, -0.05) is 26.8 Å². The third-order valence-electron chi connectivity index (χ3n) is 8.02. The second-order valence-electron chi connectivity index (χ2n) is 13.2. The molecule has 0 aromatic heterocycles. The van der Waals surface area contributed by atoms with Crippen molar-refractivity contribution in [2.45, 2.75) is 73.0 Å². The van der Waals surface area contributed by atoms with Gasteiger partial charge in [-0.25, -0.2) is 28.8 Å². The summed E-state index contributed by atoms with van der Waals surface area (Å²) in [6.07, 6.45) is 1.40. The fourth-order valence-electron chi connectivity index (χ4n) is 5.29. The Morgan fingerprint density at radius 2 is 1.27 bits per heavy atom. The van der Waals surface area contributed by atoms with Crippen molar-refractivity contribution in [3.8, 4) is 0 Å². The topological polar surface area (TPSA) is 312 Å². The number of carbonyl (C=O) groups excluding carboxylic acids is 2. The predicted molar refractivity (Wildman–Crippen MR) is 177 cm³/mol. The van der Waals surface area contributed by atoms with E-state index in [9.17, 15) is 59.4 Å². The molecule has 3 atom stereocenters. The highest BCUT2D eigenvalue weighted by Gasteiger charge is 2.59. The molecule has 1 saturated heterocycles. The van der Waals surface area contributed by atoms with Gasteiger partial charge in [0, 0.05) is 35.4 Å². The van der Waals surface area contributed by atoms with E-state index in [2.05, 4.69) is 10.7 Å². The quantitative estimate of drug-likeness (QED) is 0.0813. The van der Waals surface area contributed by atoms with Gasteiger partial charge in [0.2, 0.25) is 0 Å². The van der Waals surface area contributed by atoms with Gasteiger partial charge in [0.15, 0.2) is 5.41 Å². The molecule has 1 heterocycles. The number of hydrogen-bond acceptors (Lipinski definition) is 14. The molecule has 10 N–H and O–H groups in total. The lowest BCUT2D eigenvalue weighted by Crippen LogP contribution is -2.59. The highest BCUT2D eigenvalue weighted by molar-refractivity contribution is 5.93. The first kappa shape index (κ1) is 46.5. The molecule has 0 amide bonds. The molecular weight excluding hydrogens is 680 g/mol. The van der Waals surface area contributed by atoms with Crippen LogP contribution in [-0.4, -0.2) is 120 Å². The van der Waals surface area contributed by atoms with Gasteiger partial charge in [-0.15, -0.1) is 5.06 Å². The molecule has 1 fully saturated rings. The Morgan fingerprint density at radius 1 is 0.843 bits per heavy atom. The van der Waals surface area contributed by atoms with E-state index in [1.165, 1.54) is 5.06 Å². The summed E-state index contributed by atoms with van der Waals surface area (Å²) < 4.78 is 0. The smallest absolute Gasteiger partial charge is 0.341 e. The minimum Gasteiger partial charge on any atom is -0.478 e. The number of hydroxylamine groups is 2. The van der Waals surface area contributed by atoms with Gasteiger partial charge in [0.1, 0.15) is 11.5 Å². The molecular formula is C33H50N2O16. The Morgan fingerprint density at radius 3 is 1.65 bits per heavy atom. The molecule has 3 unspecified atom stereocenters. The van der Waals surface area contributed by atoms with Gasteiger partial charge in [0.05, 0.1) is 19.3 Å². The highest BCUT2D eigenvalue weighted by Crippen LogP contribution is 2.45. The summed E-state index contributed by atoms with van der Waals surface area (Å²) in [5, 5.41) is 79.9. The van der Waals surface area contributed by atoms with Gasteiger partial charge in [-0.05, 0) is 70.1 Å². The zero-order valence-electron chi connectivity index (χ0n) is 29.7. The van der Waals surface area contributed by atoms with Gasteiger partial charge in [-0.2, -0.15) is 5.90 Å². The molecule has 1 rings (SSSR count). The monoisotopic (exact) mass is 730 g/mol. The van der Waals surface area contributed by atoms with Gasteiger partial charge in [-0.3, -0.25) is 0 Å². The zero-order valence-corrected chi connectivity index (χ0v) is 29.7. The summed E-state index contributed by atoms with van der Waals surface area (Å²) >= 11 is 0. The third kappa shape index (κ3) is 13.3. The standard InChI is InChI=1S/C29H41NO12.C4H9NO4/c1-16-8-9-30(15-27(6,7)11-16)42-26(40)29(14-20(5)25(38)39,21(31)10-17(2)22(32)33)28(41,12-18(3)23(34)35)13-19(4)24(36)37;5-9-4(8)3(1-6)2-7/h10,12-14,16,21,31,41H,8-9,11,15H2,1-7H3,(H,32,33)(H,34,35)(H,36,37)(H,38,39);3,6-7H,1-2,5H2. The number of aliphatic hydroxyl groups is 4. The largest absolute Gasteiger partial charge is 0.478 e. The van der Waals surface area contributed by atoms with E-state index in [4.69, 9.17) is 15.1 Å². The third-order valence-corrected chi connectivity index (χ3v) is 8.02.